The van der Waals surface area contributed by atoms with Gasteiger partial charge in [-0.1, -0.05) is 0 Å². The van der Waals surface area contributed by atoms with Crippen molar-refractivity contribution in [2.45, 2.75) is 35.4 Å². The molecule has 0 aliphatic carbocycles. The van der Waals surface area contributed by atoms with E-state index in [0.717, 1.165) is 5.32 Å². The molecule has 1 saturated heterocycles. The van der Waals surface area contributed by atoms with Gasteiger partial charge in [0.1, 0.15) is 10.9 Å². The molecule has 0 saturated carbocycles. The van der Waals surface area contributed by atoms with Crippen molar-refractivity contribution in [2.75, 3.05) is 0 Å². The lowest BCUT2D eigenvalue weighted by Crippen LogP contribution is -2.65. The van der Waals surface area contributed by atoms with Gasteiger partial charge in [-0.15, -0.1) is 23.2 Å². The summed E-state index contributed by atoms with van der Waals surface area (Å²) in [5, 5.41) is 1.07. The molecule has 1 atom stereocenters. The number of hydrogen-bond acceptors (Lipinski definition) is 3. The molecule has 106 valence electrons. The number of halogens is 8. The van der Waals surface area contributed by atoms with Gasteiger partial charge < -0.3 is 4.74 Å². The van der Waals surface area contributed by atoms with Gasteiger partial charge in [0.25, 0.3) is 0 Å². The third-order valence-electron chi connectivity index (χ3n) is 2.13. The van der Waals surface area contributed by atoms with E-state index >= 15 is 0 Å². The zero-order valence-corrected chi connectivity index (χ0v) is 9.71. The van der Waals surface area contributed by atoms with Gasteiger partial charge in [0, 0.05) is 6.42 Å². The minimum atomic E-state index is -5.86. The van der Waals surface area contributed by atoms with Crippen molar-refractivity contribution >= 4 is 29.2 Å². The average molecular weight is 320 g/mol. The fourth-order valence-electron chi connectivity index (χ4n) is 1.33. The largest absolute Gasteiger partial charge is 0.452 e. The maximum absolute atomic E-state index is 12.5. The second kappa shape index (κ2) is 4.61. The van der Waals surface area contributed by atoms with Crippen LogP contribution in [0.1, 0.15) is 6.42 Å². The summed E-state index contributed by atoms with van der Waals surface area (Å²) >= 11 is 10.4. The molecule has 1 heterocycles. The van der Waals surface area contributed by atoms with E-state index in [1.165, 1.54) is 0 Å². The summed E-state index contributed by atoms with van der Waals surface area (Å²) in [6, 6.07) is -1.88. The van der Waals surface area contributed by atoms with Gasteiger partial charge in [-0.3, -0.25) is 10.1 Å². The van der Waals surface area contributed by atoms with E-state index in [1.807, 2.05) is 0 Å². The summed E-state index contributed by atoms with van der Waals surface area (Å²) in [6.45, 7) is 0. The van der Waals surface area contributed by atoms with Crippen molar-refractivity contribution in [3.05, 3.63) is 0 Å². The molecule has 0 aromatic heterocycles. The van der Waals surface area contributed by atoms with E-state index in [4.69, 9.17) is 23.2 Å². The fourth-order valence-corrected chi connectivity index (χ4v) is 1.69. The Kier molecular flexibility index (Phi) is 4.00. The van der Waals surface area contributed by atoms with Crippen LogP contribution in [0, 0.1) is 0 Å². The summed E-state index contributed by atoms with van der Waals surface area (Å²) < 4.78 is 78.3. The highest BCUT2D eigenvalue weighted by molar-refractivity contribution is 6.44. The van der Waals surface area contributed by atoms with E-state index in [2.05, 4.69) is 4.74 Å². The Morgan fingerprint density at radius 3 is 1.94 bits per heavy atom. The second-order valence-corrected chi connectivity index (χ2v) is 4.70. The number of carbonyl (C=O) groups excluding carboxylic acids is 1. The Bertz CT molecular complexity index is 328. The van der Waals surface area contributed by atoms with E-state index in [-0.39, 0.29) is 0 Å². The SMILES string of the molecule is O=C1OC(C(F)(F)F)(C(F)(F)F)N[C@H]1CC(Cl)Cl. The third-order valence-corrected chi connectivity index (χ3v) is 2.48. The monoisotopic (exact) mass is 319 g/mol. The van der Waals surface area contributed by atoms with Gasteiger partial charge in [-0.25, -0.2) is 0 Å². The van der Waals surface area contributed by atoms with Crippen LogP contribution in [0.4, 0.5) is 26.3 Å². The van der Waals surface area contributed by atoms with Crippen molar-refractivity contribution in [3.63, 3.8) is 0 Å². The van der Waals surface area contributed by atoms with E-state index in [0.29, 0.717) is 0 Å². The van der Waals surface area contributed by atoms with Gasteiger partial charge in [0.2, 0.25) is 0 Å². The molecule has 1 N–H and O–H groups in total. The lowest BCUT2D eigenvalue weighted by atomic mass is 10.1. The highest BCUT2D eigenvalue weighted by atomic mass is 35.5. The molecular formula is C7H5Cl2F6NO2. The van der Waals surface area contributed by atoms with E-state index < -0.39 is 41.3 Å². The Labute approximate surface area is 106 Å². The van der Waals surface area contributed by atoms with Crippen LogP contribution in [0.25, 0.3) is 0 Å². The molecule has 3 nitrogen and oxygen atoms in total. The number of ether oxygens (including phenoxy) is 1. The standard InChI is InChI=1S/C7H5Cl2F6NO2/c8-3(9)1-2-4(17)18-5(16-2,6(10,11)12)7(13,14)15/h2-3,16H,1H2/t2-/m0/s1. The Hall–Kier alpha value is -0.410. The first-order valence-corrected chi connectivity index (χ1v) is 5.20. The maximum Gasteiger partial charge on any atom is 0.452 e. The number of cyclic esters (lactones) is 1. The Morgan fingerprint density at radius 2 is 1.67 bits per heavy atom. The van der Waals surface area contributed by atoms with Crippen LogP contribution in [0.3, 0.4) is 0 Å². The van der Waals surface area contributed by atoms with Crippen molar-refractivity contribution in [1.29, 1.82) is 0 Å². The van der Waals surface area contributed by atoms with Gasteiger partial charge in [0.05, 0.1) is 0 Å². The third kappa shape index (κ3) is 2.62. The minimum absolute atomic E-state index is 0.643. The van der Waals surface area contributed by atoms with Gasteiger partial charge >= 0.3 is 24.0 Å². The Morgan fingerprint density at radius 1 is 1.22 bits per heavy atom. The van der Waals surface area contributed by atoms with Gasteiger partial charge in [-0.2, -0.15) is 26.3 Å². The number of carbonyl (C=O) groups is 1. The average Bonchev–Trinajstić information content (AvgIpc) is 2.41. The second-order valence-electron chi connectivity index (χ2n) is 3.42. The molecule has 11 heteroatoms. The Balaban J connectivity index is 3.08. The smallest absolute Gasteiger partial charge is 0.424 e. The predicted octanol–water partition coefficient (Wildman–Crippen LogP) is 2.52. The molecule has 0 amide bonds. The first kappa shape index (κ1) is 15.6. The highest BCUT2D eigenvalue weighted by Gasteiger charge is 2.78. The molecule has 0 radical (unpaired) electrons. The van der Waals surface area contributed by atoms with Crippen LogP contribution in [0.15, 0.2) is 0 Å². The summed E-state index contributed by atoms with van der Waals surface area (Å²) in [6.07, 6.45) is -12.4. The number of rotatable bonds is 2. The van der Waals surface area contributed by atoms with Crippen molar-refractivity contribution in [1.82, 2.24) is 5.32 Å². The van der Waals surface area contributed by atoms with E-state index in [9.17, 15) is 31.1 Å². The number of hydrogen-bond donors (Lipinski definition) is 1. The first-order valence-electron chi connectivity index (χ1n) is 4.33. The lowest BCUT2D eigenvalue weighted by molar-refractivity contribution is -0.369. The quantitative estimate of drug-likeness (QED) is 0.483. The van der Waals surface area contributed by atoms with Crippen molar-refractivity contribution < 1.29 is 35.9 Å². The summed E-state index contributed by atoms with van der Waals surface area (Å²) in [7, 11) is 0. The molecular weight excluding hydrogens is 315 g/mol. The summed E-state index contributed by atoms with van der Waals surface area (Å²) in [5.74, 6) is -1.71. The highest BCUT2D eigenvalue weighted by Crippen LogP contribution is 2.47. The molecule has 1 aliphatic rings. The zero-order chi connectivity index (χ0) is 14.4. The van der Waals surface area contributed by atoms with Gasteiger partial charge in [-0.05, 0) is 0 Å². The molecule has 18 heavy (non-hydrogen) atoms. The maximum atomic E-state index is 12.5. The predicted molar refractivity (Wildman–Crippen MR) is 48.0 cm³/mol. The van der Waals surface area contributed by atoms with Crippen molar-refractivity contribution in [3.8, 4) is 0 Å². The molecule has 1 fully saturated rings. The van der Waals surface area contributed by atoms with Crippen LogP contribution < -0.4 is 5.32 Å². The van der Waals surface area contributed by atoms with E-state index in [1.54, 1.807) is 0 Å². The molecule has 0 aromatic carbocycles. The molecule has 0 unspecified atom stereocenters. The van der Waals surface area contributed by atoms with Crippen LogP contribution in [0.5, 0.6) is 0 Å². The molecule has 1 rings (SSSR count). The van der Waals surface area contributed by atoms with Crippen LogP contribution in [-0.4, -0.2) is 34.9 Å². The van der Waals surface area contributed by atoms with Crippen molar-refractivity contribution in [2.24, 2.45) is 0 Å². The lowest BCUT2D eigenvalue weighted by Gasteiger charge is -2.31. The summed E-state index contributed by atoms with van der Waals surface area (Å²) in [4.78, 5) is 9.70. The molecule has 0 bridgehead atoms. The minimum Gasteiger partial charge on any atom is -0.424 e. The molecule has 0 aromatic rings. The first-order chi connectivity index (χ1) is 7.91. The van der Waals surface area contributed by atoms with Crippen LogP contribution in [0.2, 0.25) is 0 Å². The number of alkyl halides is 8. The number of nitrogens with one attached hydrogen (secondary N) is 1. The topological polar surface area (TPSA) is 38.3 Å². The normalized spacial score (nSPS) is 24.5. The fraction of sp³-hybridized carbons (Fsp3) is 0.857. The van der Waals surface area contributed by atoms with Crippen LogP contribution >= 0.6 is 23.2 Å². The summed E-state index contributed by atoms with van der Waals surface area (Å²) in [5.41, 5.74) is -4.72. The zero-order valence-electron chi connectivity index (χ0n) is 8.20. The number of esters is 1. The van der Waals surface area contributed by atoms with Gasteiger partial charge in [0.15, 0.2) is 0 Å². The molecule has 1 aliphatic heterocycles. The molecule has 0 spiro atoms. The van der Waals surface area contributed by atoms with Crippen LogP contribution in [-0.2, 0) is 9.53 Å².